The van der Waals surface area contributed by atoms with Gasteiger partial charge in [0, 0.05) is 32.3 Å². The van der Waals surface area contributed by atoms with Gasteiger partial charge in [0.25, 0.3) is 0 Å². The lowest BCUT2D eigenvalue weighted by molar-refractivity contribution is 1.96. The molecule has 20 heavy (non-hydrogen) atoms. The Morgan fingerprint density at radius 2 is 1.15 bits per heavy atom. The average Bonchev–Trinajstić information content (AvgIpc) is 3.37. The van der Waals surface area contributed by atoms with Gasteiger partial charge in [-0.3, -0.25) is 14.4 Å². The molecular weight excluding hydrogens is 252 g/mol. The van der Waals surface area contributed by atoms with Crippen LogP contribution in [0.4, 0.5) is 0 Å². The number of hydrogen-bond donors (Lipinski definition) is 0. The Balaban J connectivity index is 2.02. The van der Waals surface area contributed by atoms with E-state index in [4.69, 9.17) is 0 Å². The van der Waals surface area contributed by atoms with Crippen molar-refractivity contribution in [3.8, 4) is 0 Å². The SMILES string of the molecule is O=c1c2ccc3cc4c(cc3c12)c1c(=O)c1c1c(=O)c41. The van der Waals surface area contributed by atoms with Crippen LogP contribution >= 0.6 is 0 Å². The van der Waals surface area contributed by atoms with Crippen molar-refractivity contribution in [3.05, 3.63) is 54.9 Å². The second kappa shape index (κ2) is 2.31. The van der Waals surface area contributed by atoms with E-state index in [9.17, 15) is 14.4 Å². The molecule has 6 aromatic rings. The van der Waals surface area contributed by atoms with Crippen molar-refractivity contribution in [3.63, 3.8) is 0 Å². The molecule has 0 atom stereocenters. The molecule has 0 aliphatic rings. The molecule has 0 amide bonds. The Labute approximate surface area is 109 Å². The second-order valence-corrected chi connectivity index (χ2v) is 5.59. The molecule has 0 saturated heterocycles. The zero-order chi connectivity index (χ0) is 13.3. The Kier molecular flexibility index (Phi) is 1.06. The Morgan fingerprint density at radius 3 is 1.85 bits per heavy atom. The van der Waals surface area contributed by atoms with Crippen molar-refractivity contribution in [2.75, 3.05) is 0 Å². The summed E-state index contributed by atoms with van der Waals surface area (Å²) in [6, 6.07) is 7.58. The minimum Gasteiger partial charge on any atom is -0.289 e. The van der Waals surface area contributed by atoms with Crippen LogP contribution in [0.1, 0.15) is 0 Å². The Bertz CT molecular complexity index is 1430. The summed E-state index contributed by atoms with van der Waals surface area (Å²) >= 11 is 0. The normalized spacial score (nSPS) is 13.6. The molecule has 3 nitrogen and oxygen atoms in total. The Morgan fingerprint density at radius 1 is 0.500 bits per heavy atom. The maximum Gasteiger partial charge on any atom is 0.195 e. The van der Waals surface area contributed by atoms with Crippen LogP contribution in [0, 0.1) is 0 Å². The third kappa shape index (κ3) is 0.742. The molecule has 0 heterocycles. The molecule has 0 fully saturated rings. The summed E-state index contributed by atoms with van der Waals surface area (Å²) in [5.41, 5.74) is 0.0865. The molecule has 0 unspecified atom stereocenters. The summed E-state index contributed by atoms with van der Waals surface area (Å²) in [6.07, 6.45) is 0. The zero-order valence-corrected chi connectivity index (χ0v) is 10.0. The molecule has 0 spiro atoms. The van der Waals surface area contributed by atoms with Gasteiger partial charge in [0.05, 0.1) is 0 Å². The van der Waals surface area contributed by atoms with Crippen molar-refractivity contribution in [2.24, 2.45) is 0 Å². The van der Waals surface area contributed by atoms with Crippen molar-refractivity contribution in [1.29, 1.82) is 0 Å². The number of benzene rings is 3. The predicted molar refractivity (Wildman–Crippen MR) is 79.9 cm³/mol. The van der Waals surface area contributed by atoms with E-state index in [-0.39, 0.29) is 16.3 Å². The fourth-order valence-electron chi connectivity index (χ4n) is 3.50. The molecule has 0 aliphatic carbocycles. The summed E-state index contributed by atoms with van der Waals surface area (Å²) in [5, 5.41) is 7.69. The van der Waals surface area contributed by atoms with E-state index in [2.05, 4.69) is 0 Å². The van der Waals surface area contributed by atoms with E-state index in [1.165, 1.54) is 0 Å². The largest absolute Gasteiger partial charge is 0.289 e. The van der Waals surface area contributed by atoms with Crippen LogP contribution in [0.2, 0.25) is 0 Å². The molecule has 6 rings (SSSR count). The van der Waals surface area contributed by atoms with E-state index in [1.54, 1.807) is 0 Å². The molecular formula is C17H4O3. The Hall–Kier alpha value is -2.81. The van der Waals surface area contributed by atoms with Crippen LogP contribution < -0.4 is 16.3 Å². The highest BCUT2D eigenvalue weighted by atomic mass is 16.1. The molecule has 0 aliphatic heterocycles. The fraction of sp³-hybridized carbons (Fsp3) is 0. The monoisotopic (exact) mass is 256 g/mol. The summed E-state index contributed by atoms with van der Waals surface area (Å²) in [6.45, 7) is 0. The molecule has 0 radical (unpaired) electrons. The van der Waals surface area contributed by atoms with Crippen molar-refractivity contribution in [2.45, 2.75) is 0 Å². The zero-order valence-electron chi connectivity index (χ0n) is 10.0. The molecule has 0 bridgehead atoms. The van der Waals surface area contributed by atoms with Crippen LogP contribution in [-0.2, 0) is 0 Å². The standard InChI is InChI=1S/C17H4O3/c18-15-6-2-1-5-3-8-9(4-7(5)10(6)15)12-14(17(12)20)13-11(8)16(13)19/h1-4H. The number of rotatable bonds is 0. The molecule has 3 heteroatoms. The third-order valence-electron chi connectivity index (χ3n) is 4.64. The lowest BCUT2D eigenvalue weighted by atomic mass is 10.0. The minimum absolute atomic E-state index is 0.00393. The van der Waals surface area contributed by atoms with Crippen molar-refractivity contribution < 1.29 is 0 Å². The van der Waals surface area contributed by atoms with E-state index in [0.717, 1.165) is 32.3 Å². The van der Waals surface area contributed by atoms with Gasteiger partial charge in [-0.2, -0.15) is 0 Å². The van der Waals surface area contributed by atoms with E-state index < -0.39 is 0 Å². The second-order valence-electron chi connectivity index (χ2n) is 5.59. The molecule has 90 valence electrons. The first-order valence-electron chi connectivity index (χ1n) is 6.43. The first-order chi connectivity index (χ1) is 9.68. The van der Waals surface area contributed by atoms with Gasteiger partial charge < -0.3 is 0 Å². The van der Waals surface area contributed by atoms with Gasteiger partial charge in [0.15, 0.2) is 16.3 Å². The van der Waals surface area contributed by atoms with Crippen LogP contribution in [0.3, 0.4) is 0 Å². The van der Waals surface area contributed by atoms with Crippen LogP contribution in [-0.4, -0.2) is 0 Å². The molecule has 0 N–H and O–H groups in total. The summed E-state index contributed by atoms with van der Waals surface area (Å²) in [4.78, 5) is 35.3. The maximum atomic E-state index is 11.8. The highest BCUT2D eigenvalue weighted by Crippen LogP contribution is 2.40. The summed E-state index contributed by atoms with van der Waals surface area (Å²) in [7, 11) is 0. The average molecular weight is 256 g/mol. The highest BCUT2D eigenvalue weighted by molar-refractivity contribution is 6.38. The first-order valence-corrected chi connectivity index (χ1v) is 6.43. The minimum atomic E-state index is -0.00951. The van der Waals surface area contributed by atoms with Crippen LogP contribution in [0.5, 0.6) is 0 Å². The quantitative estimate of drug-likeness (QED) is 0.391. The van der Waals surface area contributed by atoms with E-state index in [1.807, 2.05) is 24.3 Å². The van der Waals surface area contributed by atoms with Gasteiger partial charge in [-0.15, -0.1) is 0 Å². The molecule has 0 aromatic heterocycles. The topological polar surface area (TPSA) is 51.2 Å². The maximum absolute atomic E-state index is 11.8. The lowest BCUT2D eigenvalue weighted by Gasteiger charge is -1.98. The van der Waals surface area contributed by atoms with E-state index in [0.29, 0.717) is 21.5 Å². The van der Waals surface area contributed by atoms with Crippen LogP contribution in [0.15, 0.2) is 38.6 Å². The number of fused-ring (bicyclic) bond motifs is 9. The van der Waals surface area contributed by atoms with E-state index >= 15 is 0 Å². The van der Waals surface area contributed by atoms with Gasteiger partial charge in [-0.1, -0.05) is 6.07 Å². The summed E-state index contributed by atoms with van der Waals surface area (Å²) in [5.74, 6) is 0. The van der Waals surface area contributed by atoms with Crippen LogP contribution in [0.25, 0.3) is 53.9 Å². The predicted octanol–water partition coefficient (Wildman–Crippen LogP) is 2.16. The van der Waals surface area contributed by atoms with Crippen molar-refractivity contribution in [1.82, 2.24) is 0 Å². The molecule has 0 saturated carbocycles. The highest BCUT2D eigenvalue weighted by Gasteiger charge is 2.30. The number of hydrogen-bond acceptors (Lipinski definition) is 3. The van der Waals surface area contributed by atoms with Gasteiger partial charge >= 0.3 is 0 Å². The summed E-state index contributed by atoms with van der Waals surface area (Å²) < 4.78 is 0. The van der Waals surface area contributed by atoms with Gasteiger partial charge in [0.2, 0.25) is 0 Å². The van der Waals surface area contributed by atoms with Gasteiger partial charge in [-0.05, 0) is 39.7 Å². The molecule has 6 aromatic carbocycles. The first kappa shape index (κ1) is 9.15. The van der Waals surface area contributed by atoms with Gasteiger partial charge in [0.1, 0.15) is 0 Å². The fourth-order valence-corrected chi connectivity index (χ4v) is 3.50. The van der Waals surface area contributed by atoms with Crippen molar-refractivity contribution >= 4 is 53.9 Å². The van der Waals surface area contributed by atoms with Gasteiger partial charge in [-0.25, -0.2) is 0 Å². The lowest BCUT2D eigenvalue weighted by Crippen LogP contribution is -1.78. The smallest absolute Gasteiger partial charge is 0.195 e. The third-order valence-corrected chi connectivity index (χ3v) is 4.64.